The number of rotatable bonds is 6. The van der Waals surface area contributed by atoms with Crippen LogP contribution in [0.3, 0.4) is 0 Å². The molecule has 0 saturated heterocycles. The van der Waals surface area contributed by atoms with Gasteiger partial charge >= 0.3 is 5.97 Å². The number of hydrogen-bond acceptors (Lipinski definition) is 4. The van der Waals surface area contributed by atoms with Gasteiger partial charge < -0.3 is 19.3 Å². The second-order valence-corrected chi connectivity index (χ2v) is 3.49. The summed E-state index contributed by atoms with van der Waals surface area (Å²) >= 11 is 0. The monoisotopic (exact) mass is 240 g/mol. The Bertz CT molecular complexity index is 384. The van der Waals surface area contributed by atoms with Crippen molar-refractivity contribution in [2.45, 2.75) is 13.2 Å². The first-order chi connectivity index (χ1) is 8.08. The van der Waals surface area contributed by atoms with E-state index in [0.717, 1.165) is 0 Å². The molecule has 1 aromatic carbocycles. The lowest BCUT2D eigenvalue weighted by atomic mass is 10.1. The summed E-state index contributed by atoms with van der Waals surface area (Å²) < 4.78 is 15.4. The van der Waals surface area contributed by atoms with E-state index in [1.54, 1.807) is 19.1 Å². The number of carbonyl (C=O) groups is 1. The number of ether oxygens (including phenoxy) is 3. The Balaban J connectivity index is 2.67. The molecule has 0 radical (unpaired) electrons. The van der Waals surface area contributed by atoms with Crippen LogP contribution in [0.2, 0.25) is 0 Å². The number of carboxylic acids is 1. The van der Waals surface area contributed by atoms with Gasteiger partial charge in [0.05, 0.1) is 5.56 Å². The first-order valence-corrected chi connectivity index (χ1v) is 5.10. The van der Waals surface area contributed by atoms with Crippen LogP contribution in [0, 0.1) is 6.92 Å². The largest absolute Gasteiger partial charge is 0.488 e. The van der Waals surface area contributed by atoms with Crippen LogP contribution in [0.4, 0.5) is 0 Å². The summed E-state index contributed by atoms with van der Waals surface area (Å²) in [6, 6.07) is 4.80. The second kappa shape index (κ2) is 6.22. The summed E-state index contributed by atoms with van der Waals surface area (Å²) in [6.07, 6.45) is -0.436. The standard InChI is InChI=1S/C12H16O5/c1-8-6-9(4-5-10(8)12(13)14)17-7-11(15-2)16-3/h4-6,11H,7H2,1-3H3,(H,13,14). The van der Waals surface area contributed by atoms with E-state index in [1.165, 1.54) is 20.3 Å². The molecule has 0 spiro atoms. The molecule has 0 saturated carbocycles. The topological polar surface area (TPSA) is 65.0 Å². The minimum Gasteiger partial charge on any atom is -0.488 e. The molecule has 0 aliphatic rings. The third-order valence-electron chi connectivity index (χ3n) is 2.34. The first kappa shape index (κ1) is 13.5. The summed E-state index contributed by atoms with van der Waals surface area (Å²) in [5.41, 5.74) is 0.925. The van der Waals surface area contributed by atoms with Gasteiger partial charge in [0.1, 0.15) is 12.4 Å². The van der Waals surface area contributed by atoms with Crippen molar-refractivity contribution < 1.29 is 24.1 Å². The van der Waals surface area contributed by atoms with Crippen molar-refractivity contribution in [2.75, 3.05) is 20.8 Å². The third-order valence-corrected chi connectivity index (χ3v) is 2.34. The highest BCUT2D eigenvalue weighted by Gasteiger charge is 2.09. The maximum atomic E-state index is 10.8. The van der Waals surface area contributed by atoms with Crippen LogP contribution in [0.1, 0.15) is 15.9 Å². The van der Waals surface area contributed by atoms with Crippen LogP contribution < -0.4 is 4.74 Å². The Kier molecular flexibility index (Phi) is 4.93. The van der Waals surface area contributed by atoms with E-state index in [-0.39, 0.29) is 12.2 Å². The van der Waals surface area contributed by atoms with Crippen molar-refractivity contribution >= 4 is 5.97 Å². The number of carboxylic acid groups (broad SMARTS) is 1. The van der Waals surface area contributed by atoms with Crippen LogP contribution in [0.15, 0.2) is 18.2 Å². The maximum absolute atomic E-state index is 10.8. The summed E-state index contributed by atoms with van der Waals surface area (Å²) in [6.45, 7) is 1.97. The van der Waals surface area contributed by atoms with Gasteiger partial charge in [-0.1, -0.05) is 0 Å². The van der Waals surface area contributed by atoms with Gasteiger partial charge in [0.25, 0.3) is 0 Å². The minimum atomic E-state index is -0.944. The van der Waals surface area contributed by atoms with Gasteiger partial charge in [-0.15, -0.1) is 0 Å². The maximum Gasteiger partial charge on any atom is 0.335 e. The SMILES string of the molecule is COC(COc1ccc(C(=O)O)c(C)c1)OC. The van der Waals surface area contributed by atoms with E-state index in [4.69, 9.17) is 19.3 Å². The molecule has 94 valence electrons. The van der Waals surface area contributed by atoms with Crippen LogP contribution in [0.25, 0.3) is 0 Å². The molecule has 1 aromatic rings. The molecule has 0 bridgehead atoms. The number of aryl methyl sites for hydroxylation is 1. The highest BCUT2D eigenvalue weighted by Crippen LogP contribution is 2.17. The molecule has 1 rings (SSSR count). The lowest BCUT2D eigenvalue weighted by molar-refractivity contribution is -0.121. The van der Waals surface area contributed by atoms with Gasteiger partial charge in [0.15, 0.2) is 6.29 Å². The molecule has 0 amide bonds. The molecule has 0 aliphatic carbocycles. The number of benzene rings is 1. The molecule has 5 heteroatoms. The highest BCUT2D eigenvalue weighted by molar-refractivity contribution is 5.89. The summed E-state index contributed by atoms with van der Waals surface area (Å²) in [5, 5.41) is 8.87. The fraction of sp³-hybridized carbons (Fsp3) is 0.417. The van der Waals surface area contributed by atoms with Crippen molar-refractivity contribution in [3.8, 4) is 5.75 Å². The fourth-order valence-electron chi connectivity index (χ4n) is 1.36. The fourth-order valence-corrected chi connectivity index (χ4v) is 1.36. The second-order valence-electron chi connectivity index (χ2n) is 3.49. The van der Waals surface area contributed by atoms with Crippen LogP contribution >= 0.6 is 0 Å². The molecule has 5 nitrogen and oxygen atoms in total. The van der Waals surface area contributed by atoms with Gasteiger partial charge in [0.2, 0.25) is 0 Å². The molecule has 0 unspecified atom stereocenters. The van der Waals surface area contributed by atoms with Crippen LogP contribution in [-0.2, 0) is 9.47 Å². The Hall–Kier alpha value is -1.59. The molecular weight excluding hydrogens is 224 g/mol. The molecule has 0 aliphatic heterocycles. The molecule has 17 heavy (non-hydrogen) atoms. The molecule has 0 aromatic heterocycles. The summed E-state index contributed by atoms with van der Waals surface area (Å²) in [4.78, 5) is 10.8. The highest BCUT2D eigenvalue weighted by atomic mass is 16.7. The van der Waals surface area contributed by atoms with Gasteiger partial charge in [0, 0.05) is 14.2 Å². The number of methoxy groups -OCH3 is 2. The molecule has 0 atom stereocenters. The first-order valence-electron chi connectivity index (χ1n) is 5.10. The van der Waals surface area contributed by atoms with Crippen molar-refractivity contribution in [3.63, 3.8) is 0 Å². The van der Waals surface area contributed by atoms with Crippen molar-refractivity contribution in [1.82, 2.24) is 0 Å². The third kappa shape index (κ3) is 3.72. The van der Waals surface area contributed by atoms with E-state index < -0.39 is 12.3 Å². The number of aromatic carboxylic acids is 1. The van der Waals surface area contributed by atoms with Crippen molar-refractivity contribution in [2.24, 2.45) is 0 Å². The average molecular weight is 240 g/mol. The summed E-state index contributed by atoms with van der Waals surface area (Å²) in [7, 11) is 3.05. The number of hydrogen-bond donors (Lipinski definition) is 1. The van der Waals surface area contributed by atoms with Crippen molar-refractivity contribution in [3.05, 3.63) is 29.3 Å². The quantitative estimate of drug-likeness (QED) is 0.766. The smallest absolute Gasteiger partial charge is 0.335 e. The van der Waals surface area contributed by atoms with E-state index in [0.29, 0.717) is 11.3 Å². The van der Waals surface area contributed by atoms with Crippen LogP contribution in [0.5, 0.6) is 5.75 Å². The Morgan fingerprint density at radius 1 is 1.35 bits per heavy atom. The lowest BCUT2D eigenvalue weighted by Gasteiger charge is -2.14. The zero-order chi connectivity index (χ0) is 12.8. The van der Waals surface area contributed by atoms with Gasteiger partial charge in [-0.3, -0.25) is 0 Å². The van der Waals surface area contributed by atoms with E-state index in [2.05, 4.69) is 0 Å². The lowest BCUT2D eigenvalue weighted by Crippen LogP contribution is -2.22. The Morgan fingerprint density at radius 3 is 2.47 bits per heavy atom. The van der Waals surface area contributed by atoms with Crippen molar-refractivity contribution in [1.29, 1.82) is 0 Å². The van der Waals surface area contributed by atoms with Gasteiger partial charge in [-0.2, -0.15) is 0 Å². The molecule has 1 N–H and O–H groups in total. The Morgan fingerprint density at radius 2 is 2.00 bits per heavy atom. The predicted molar refractivity (Wildman–Crippen MR) is 61.4 cm³/mol. The zero-order valence-corrected chi connectivity index (χ0v) is 10.1. The zero-order valence-electron chi connectivity index (χ0n) is 10.1. The van der Waals surface area contributed by atoms with Gasteiger partial charge in [-0.25, -0.2) is 4.79 Å². The van der Waals surface area contributed by atoms with E-state index in [9.17, 15) is 4.79 Å². The van der Waals surface area contributed by atoms with E-state index in [1.807, 2.05) is 0 Å². The molecular formula is C12H16O5. The molecule has 0 fully saturated rings. The van der Waals surface area contributed by atoms with E-state index >= 15 is 0 Å². The predicted octanol–water partition coefficient (Wildman–Crippen LogP) is 1.69. The summed E-state index contributed by atoms with van der Waals surface area (Å²) in [5.74, 6) is -0.354. The van der Waals surface area contributed by atoms with Gasteiger partial charge in [-0.05, 0) is 30.7 Å². The average Bonchev–Trinajstić information content (AvgIpc) is 2.30. The minimum absolute atomic E-state index is 0.249. The normalized spacial score (nSPS) is 10.6. The molecule has 0 heterocycles. The van der Waals surface area contributed by atoms with Crippen LogP contribution in [-0.4, -0.2) is 38.2 Å². The Labute approximate surface area is 99.9 Å².